The Morgan fingerprint density at radius 1 is 1.25 bits per heavy atom. The average molecular weight is 287 g/mol. The molecule has 2 heteroatoms. The van der Waals surface area contributed by atoms with Crippen LogP contribution in [0.3, 0.4) is 0 Å². The van der Waals surface area contributed by atoms with E-state index in [0.29, 0.717) is 6.61 Å². The molecule has 0 saturated heterocycles. The highest BCUT2D eigenvalue weighted by atomic mass is 79.9. The number of para-hydroxylation sites is 1. The van der Waals surface area contributed by atoms with E-state index in [-0.39, 0.29) is 0 Å². The number of hydrogen-bond acceptors (Lipinski definition) is 1. The molecular weight excluding hydrogens is 264 g/mol. The molecule has 0 bridgehead atoms. The molecule has 0 unspecified atom stereocenters. The van der Waals surface area contributed by atoms with Crippen molar-refractivity contribution in [3.8, 4) is 5.75 Å². The van der Waals surface area contributed by atoms with E-state index in [1.54, 1.807) is 6.08 Å². The van der Waals surface area contributed by atoms with E-state index in [9.17, 15) is 0 Å². The van der Waals surface area contributed by atoms with Crippen molar-refractivity contribution in [1.82, 2.24) is 0 Å². The summed E-state index contributed by atoms with van der Waals surface area (Å²) >= 11 is 2.94. The third-order valence-corrected chi connectivity index (χ3v) is 1.71. The van der Waals surface area contributed by atoms with E-state index < -0.39 is 0 Å². The van der Waals surface area contributed by atoms with Crippen molar-refractivity contribution in [3.05, 3.63) is 42.5 Å². The van der Waals surface area contributed by atoms with Gasteiger partial charge in [-0.05, 0) is 23.9 Å². The molecule has 0 amide bonds. The van der Waals surface area contributed by atoms with Crippen LogP contribution >= 0.6 is 15.9 Å². The zero-order chi connectivity index (χ0) is 12.8. The molecule has 0 N–H and O–H groups in total. The largest absolute Gasteiger partial charge is 0.489 e. The smallest absolute Gasteiger partial charge is 0.122 e. The first-order valence-electron chi connectivity index (χ1n) is 5.58. The van der Waals surface area contributed by atoms with E-state index in [0.717, 1.165) is 12.2 Å². The number of halogens is 1. The zero-order valence-corrected chi connectivity index (χ0v) is 12.4. The predicted molar refractivity (Wildman–Crippen MR) is 77.7 cm³/mol. The van der Waals surface area contributed by atoms with Gasteiger partial charge in [-0.25, -0.2) is 0 Å². The van der Waals surface area contributed by atoms with Gasteiger partial charge < -0.3 is 4.74 Å². The Labute approximate surface area is 109 Å². The van der Waals surface area contributed by atoms with E-state index in [1.165, 1.54) is 5.56 Å². The lowest BCUT2D eigenvalue weighted by Gasteiger charge is -2.07. The maximum absolute atomic E-state index is 5.46. The molecule has 0 spiro atoms. The fourth-order valence-corrected chi connectivity index (χ4v) is 1.09. The third kappa shape index (κ3) is 7.52. The van der Waals surface area contributed by atoms with Gasteiger partial charge in [-0.1, -0.05) is 67.6 Å². The van der Waals surface area contributed by atoms with Crippen molar-refractivity contribution in [2.45, 2.75) is 27.2 Å². The maximum Gasteiger partial charge on any atom is 0.122 e. The van der Waals surface area contributed by atoms with Crippen LogP contribution < -0.4 is 4.74 Å². The van der Waals surface area contributed by atoms with Crippen LogP contribution in [0.2, 0.25) is 0 Å². The van der Waals surface area contributed by atoms with Crippen LogP contribution in [-0.4, -0.2) is 12.4 Å². The lowest BCUT2D eigenvalue weighted by Crippen LogP contribution is -1.95. The van der Waals surface area contributed by atoms with E-state index in [4.69, 9.17) is 4.74 Å². The Bertz CT molecular complexity index is 259. The number of rotatable bonds is 4. The van der Waals surface area contributed by atoms with Gasteiger partial charge in [-0.15, -0.1) is 0 Å². The average Bonchev–Trinajstić information content (AvgIpc) is 2.41. The van der Waals surface area contributed by atoms with Crippen molar-refractivity contribution in [2.75, 3.05) is 12.4 Å². The van der Waals surface area contributed by atoms with Crippen molar-refractivity contribution in [3.63, 3.8) is 0 Å². The molecule has 0 radical (unpaired) electrons. The molecule has 1 aromatic carbocycles. The molecule has 0 aliphatic heterocycles. The van der Waals surface area contributed by atoms with Crippen LogP contribution in [0.15, 0.2) is 36.9 Å². The molecule has 0 atom stereocenters. The third-order valence-electron chi connectivity index (χ3n) is 1.71. The van der Waals surface area contributed by atoms with Crippen LogP contribution in [-0.2, 0) is 6.42 Å². The van der Waals surface area contributed by atoms with Crippen LogP contribution in [0, 0.1) is 0 Å². The van der Waals surface area contributed by atoms with E-state index in [2.05, 4.69) is 35.5 Å². The van der Waals surface area contributed by atoms with Gasteiger partial charge in [0, 0.05) is 0 Å². The summed E-state index contributed by atoms with van der Waals surface area (Å²) in [7, 11) is 0. The summed E-state index contributed by atoms with van der Waals surface area (Å²) in [6.07, 6.45) is 2.76. The Balaban J connectivity index is 0. The van der Waals surface area contributed by atoms with E-state index >= 15 is 0 Å². The normalized spacial score (nSPS) is 7.81. The van der Waals surface area contributed by atoms with Crippen LogP contribution in [0.4, 0.5) is 0 Å². The molecule has 1 aromatic rings. The molecule has 0 saturated carbocycles. The maximum atomic E-state index is 5.46. The molecule has 0 aliphatic rings. The number of benzene rings is 1. The summed E-state index contributed by atoms with van der Waals surface area (Å²) in [6.45, 7) is 10.3. The Kier molecular flexibility index (Phi) is 15.7. The minimum atomic E-state index is 0.580. The molecular formula is C14H23BrO. The van der Waals surface area contributed by atoms with E-state index in [1.807, 2.05) is 37.9 Å². The van der Waals surface area contributed by atoms with Crippen LogP contribution in [0.1, 0.15) is 26.3 Å². The minimum Gasteiger partial charge on any atom is -0.489 e. The summed E-state index contributed by atoms with van der Waals surface area (Å²) in [5.74, 6) is 2.78. The summed E-state index contributed by atoms with van der Waals surface area (Å²) in [5.41, 5.74) is 1.25. The lowest BCUT2D eigenvalue weighted by molar-refractivity contribution is 0.359. The van der Waals surface area contributed by atoms with Gasteiger partial charge in [-0.3, -0.25) is 0 Å². The molecule has 0 aliphatic carbocycles. The van der Waals surface area contributed by atoms with Gasteiger partial charge in [0.15, 0.2) is 0 Å². The molecule has 0 fully saturated rings. The van der Waals surface area contributed by atoms with Crippen LogP contribution in [0.5, 0.6) is 5.75 Å². The molecule has 0 heterocycles. The molecule has 16 heavy (non-hydrogen) atoms. The minimum absolute atomic E-state index is 0.580. The fourth-order valence-electron chi connectivity index (χ4n) is 1.09. The highest BCUT2D eigenvalue weighted by molar-refractivity contribution is 9.08. The second-order valence-corrected chi connectivity index (χ2v) is 2.56. The summed E-state index contributed by atoms with van der Waals surface area (Å²) in [6, 6.07) is 8.08. The summed E-state index contributed by atoms with van der Waals surface area (Å²) in [4.78, 5) is 0. The van der Waals surface area contributed by atoms with Crippen molar-refractivity contribution >= 4 is 15.9 Å². The zero-order valence-electron chi connectivity index (χ0n) is 10.8. The highest BCUT2D eigenvalue weighted by Gasteiger charge is 1.97. The highest BCUT2D eigenvalue weighted by Crippen LogP contribution is 2.17. The molecule has 92 valence electrons. The Morgan fingerprint density at radius 3 is 2.31 bits per heavy atom. The van der Waals surface area contributed by atoms with Gasteiger partial charge in [0.25, 0.3) is 0 Å². The number of alkyl halides is 1. The van der Waals surface area contributed by atoms with Crippen LogP contribution in [0.25, 0.3) is 0 Å². The van der Waals surface area contributed by atoms with Crippen molar-refractivity contribution in [1.29, 1.82) is 0 Å². The lowest BCUT2D eigenvalue weighted by atomic mass is 10.1. The van der Waals surface area contributed by atoms with Gasteiger partial charge in [-0.2, -0.15) is 0 Å². The second-order valence-electron chi connectivity index (χ2n) is 2.56. The number of ether oxygens (including phenoxy) is 1. The monoisotopic (exact) mass is 286 g/mol. The second kappa shape index (κ2) is 14.2. The SMILES string of the molecule is C=CCOc1ccccc1CC.CBr.CC. The fraction of sp³-hybridized carbons (Fsp3) is 0.429. The van der Waals surface area contributed by atoms with Gasteiger partial charge in [0.2, 0.25) is 0 Å². The van der Waals surface area contributed by atoms with Crippen molar-refractivity contribution in [2.24, 2.45) is 0 Å². The number of aryl methyl sites for hydroxylation is 1. The quantitative estimate of drug-likeness (QED) is 0.568. The number of hydrogen-bond donors (Lipinski definition) is 0. The molecule has 0 aromatic heterocycles. The van der Waals surface area contributed by atoms with Gasteiger partial charge in [0.1, 0.15) is 12.4 Å². The summed E-state index contributed by atoms with van der Waals surface area (Å²) < 4.78 is 5.46. The molecule has 1 nitrogen and oxygen atoms in total. The standard InChI is InChI=1S/C11H14O.C2H6.CH3Br/c1-3-9-12-11-8-6-5-7-10(11)4-2;2*1-2/h3,5-8H,1,4,9H2,2H3;1-2H3;1H3. The predicted octanol–water partition coefficient (Wildman–Crippen LogP) is 4.85. The first kappa shape index (κ1) is 17.6. The first-order valence-corrected chi connectivity index (χ1v) is 7.16. The first-order chi connectivity index (χ1) is 7.88. The van der Waals surface area contributed by atoms with Gasteiger partial charge in [0.05, 0.1) is 0 Å². The Morgan fingerprint density at radius 2 is 1.81 bits per heavy atom. The topological polar surface area (TPSA) is 9.23 Å². The summed E-state index contributed by atoms with van der Waals surface area (Å²) in [5, 5.41) is 0. The van der Waals surface area contributed by atoms with Crippen molar-refractivity contribution < 1.29 is 4.74 Å². The Hall–Kier alpha value is -0.760. The molecule has 1 rings (SSSR count). The van der Waals surface area contributed by atoms with Gasteiger partial charge >= 0.3 is 0 Å².